The lowest BCUT2D eigenvalue weighted by Crippen LogP contribution is -1.90. The molecule has 0 bridgehead atoms. The Kier molecular flexibility index (Phi) is 6.70. The highest BCUT2D eigenvalue weighted by molar-refractivity contribution is 7.26. The Hall–Kier alpha value is -6.06. The summed E-state index contributed by atoms with van der Waals surface area (Å²) in [5.41, 5.74) is 10.3. The van der Waals surface area contributed by atoms with Crippen LogP contribution in [0.3, 0.4) is 0 Å². The second kappa shape index (κ2) is 11.7. The Morgan fingerprint density at radius 1 is 0.308 bits per heavy atom. The Morgan fingerprint density at radius 2 is 0.788 bits per heavy atom. The van der Waals surface area contributed by atoms with Crippen LogP contribution in [0.5, 0.6) is 0 Å². The first kappa shape index (κ1) is 29.6. The zero-order chi connectivity index (χ0) is 34.2. The van der Waals surface area contributed by atoms with Crippen LogP contribution < -0.4 is 0 Å². The van der Waals surface area contributed by atoms with E-state index in [4.69, 9.17) is 0 Å². The number of hydrogen-bond acceptors (Lipinski definition) is 2. The van der Waals surface area contributed by atoms with Crippen molar-refractivity contribution in [1.82, 2.24) is 0 Å². The number of benzene rings is 9. The van der Waals surface area contributed by atoms with Gasteiger partial charge in [0.25, 0.3) is 0 Å². The molecule has 0 aliphatic carbocycles. The molecule has 0 atom stereocenters. The van der Waals surface area contributed by atoms with Gasteiger partial charge in [0.2, 0.25) is 0 Å². The summed E-state index contributed by atoms with van der Waals surface area (Å²) in [5, 5.41) is 17.4. The molecule has 9 aromatic carbocycles. The van der Waals surface area contributed by atoms with Gasteiger partial charge in [0.15, 0.2) is 0 Å². The first-order valence-electron chi connectivity index (χ1n) is 17.7. The normalized spacial score (nSPS) is 11.8. The van der Waals surface area contributed by atoms with Crippen molar-refractivity contribution >= 4 is 85.9 Å². The van der Waals surface area contributed by atoms with Crippen LogP contribution in [0.25, 0.3) is 108 Å². The second-order valence-corrected chi connectivity index (χ2v) is 15.4. The van der Waals surface area contributed by atoms with Gasteiger partial charge in [0, 0.05) is 25.7 Å². The summed E-state index contributed by atoms with van der Waals surface area (Å²) < 4.78 is 2.65. The lowest BCUT2D eigenvalue weighted by atomic mass is 9.85. The largest absolute Gasteiger partial charge is 0.152 e. The highest BCUT2D eigenvalue weighted by Gasteiger charge is 2.21. The van der Waals surface area contributed by atoms with Crippen molar-refractivity contribution < 1.29 is 0 Å². The quantitative estimate of drug-likeness (QED) is 0.161. The lowest BCUT2D eigenvalue weighted by molar-refractivity contribution is 1.66. The van der Waals surface area contributed by atoms with Gasteiger partial charge in [-0.25, -0.2) is 0 Å². The van der Waals surface area contributed by atoms with Gasteiger partial charge in [-0.3, -0.25) is 0 Å². The molecule has 11 rings (SSSR count). The molecule has 0 saturated heterocycles. The third-order valence-electron chi connectivity index (χ3n) is 10.8. The van der Waals surface area contributed by atoms with Gasteiger partial charge >= 0.3 is 0 Å². The maximum absolute atomic E-state index is 2.45. The molecule has 2 heterocycles. The molecule has 2 heteroatoms. The molecule has 52 heavy (non-hydrogen) atoms. The zero-order valence-corrected chi connectivity index (χ0v) is 29.8. The van der Waals surface area contributed by atoms with Crippen molar-refractivity contribution in [1.29, 1.82) is 0 Å². The fourth-order valence-electron chi connectivity index (χ4n) is 8.64. The van der Waals surface area contributed by atoms with E-state index in [0.29, 0.717) is 0 Å². The molecule has 0 saturated carbocycles. The number of rotatable bonds is 4. The average molecular weight is 695 g/mol. The second-order valence-electron chi connectivity index (χ2n) is 13.6. The molecule has 0 nitrogen and oxygen atoms in total. The third kappa shape index (κ3) is 4.38. The molecule has 0 aliphatic rings. The van der Waals surface area contributed by atoms with Crippen molar-refractivity contribution in [2.75, 3.05) is 0 Å². The van der Waals surface area contributed by atoms with Gasteiger partial charge in [-0.2, -0.15) is 11.3 Å². The van der Waals surface area contributed by atoms with Crippen LogP contribution >= 0.6 is 22.7 Å². The van der Waals surface area contributed by atoms with Crippen molar-refractivity contribution in [2.24, 2.45) is 0 Å². The standard InChI is InChI=1S/C50H30S2/c1-2-13-31(14-3-1)46-34-15-4-6-17-36(34)47(37-18-7-5-16-35(37)46)32-25-26-45-44(29-32)42-23-12-24-43(50(42)52-45)49-40-21-10-8-19-38(40)48(33-27-28-51-30-33)39-20-9-11-22-41(39)49/h1-30H. The van der Waals surface area contributed by atoms with Crippen molar-refractivity contribution in [3.63, 3.8) is 0 Å². The van der Waals surface area contributed by atoms with Gasteiger partial charge in [0.05, 0.1) is 0 Å². The average Bonchev–Trinajstić information content (AvgIpc) is 3.88. The monoisotopic (exact) mass is 694 g/mol. The van der Waals surface area contributed by atoms with Gasteiger partial charge < -0.3 is 0 Å². The Morgan fingerprint density at radius 3 is 1.33 bits per heavy atom. The molecule has 0 amide bonds. The summed E-state index contributed by atoms with van der Waals surface area (Å²) in [5.74, 6) is 0. The first-order valence-corrected chi connectivity index (χ1v) is 19.5. The van der Waals surface area contributed by atoms with Crippen LogP contribution in [0.1, 0.15) is 0 Å². The van der Waals surface area contributed by atoms with Crippen LogP contribution in [0.4, 0.5) is 0 Å². The van der Waals surface area contributed by atoms with Crippen LogP contribution in [0, 0.1) is 0 Å². The van der Waals surface area contributed by atoms with E-state index in [2.05, 4.69) is 181 Å². The van der Waals surface area contributed by atoms with Gasteiger partial charge in [-0.15, -0.1) is 11.3 Å². The van der Waals surface area contributed by atoms with Crippen LogP contribution in [0.15, 0.2) is 181 Å². The summed E-state index contributed by atoms with van der Waals surface area (Å²) in [4.78, 5) is 0. The molecular weight excluding hydrogens is 665 g/mol. The Bertz CT molecular complexity index is 3050. The highest BCUT2D eigenvalue weighted by atomic mass is 32.1. The van der Waals surface area contributed by atoms with Crippen LogP contribution in [0.2, 0.25) is 0 Å². The lowest BCUT2D eigenvalue weighted by Gasteiger charge is -2.18. The summed E-state index contributed by atoms with van der Waals surface area (Å²) in [6.45, 7) is 0. The topological polar surface area (TPSA) is 0 Å². The summed E-state index contributed by atoms with van der Waals surface area (Å²) >= 11 is 3.67. The highest BCUT2D eigenvalue weighted by Crippen LogP contribution is 2.49. The van der Waals surface area contributed by atoms with E-state index >= 15 is 0 Å². The minimum absolute atomic E-state index is 1.25. The summed E-state index contributed by atoms with van der Waals surface area (Å²) in [7, 11) is 0. The number of fused-ring (bicyclic) bond motifs is 7. The molecule has 0 N–H and O–H groups in total. The predicted octanol–water partition coefficient (Wildman–Crippen LogP) is 15.4. The minimum Gasteiger partial charge on any atom is -0.152 e. The fourth-order valence-corrected chi connectivity index (χ4v) is 10.5. The first-order chi connectivity index (χ1) is 25.8. The Balaban J connectivity index is 1.18. The molecule has 0 fully saturated rings. The molecule has 0 aliphatic heterocycles. The van der Waals surface area contributed by atoms with Crippen molar-refractivity contribution in [3.8, 4) is 44.5 Å². The van der Waals surface area contributed by atoms with Gasteiger partial charge in [-0.05, 0) is 111 Å². The molecule has 0 unspecified atom stereocenters. The van der Waals surface area contributed by atoms with E-state index in [1.165, 1.54) is 108 Å². The van der Waals surface area contributed by atoms with E-state index in [1.807, 2.05) is 11.3 Å². The SMILES string of the molecule is c1ccc(-c2c3ccccc3c(-c3ccc4sc5c(-c6c7ccccc7c(-c7ccsc7)c7ccccc67)cccc5c4c3)c3ccccc23)cc1. The van der Waals surface area contributed by atoms with Gasteiger partial charge in [0.1, 0.15) is 0 Å². The predicted molar refractivity (Wildman–Crippen MR) is 229 cm³/mol. The minimum atomic E-state index is 1.25. The third-order valence-corrected chi connectivity index (χ3v) is 12.7. The molecule has 0 spiro atoms. The number of hydrogen-bond donors (Lipinski definition) is 0. The molecule has 2 aromatic heterocycles. The molecule has 0 radical (unpaired) electrons. The van der Waals surface area contributed by atoms with E-state index in [0.717, 1.165) is 0 Å². The molecule has 242 valence electrons. The maximum Gasteiger partial charge on any atom is 0.0434 e. The summed E-state index contributed by atoms with van der Waals surface area (Å²) in [6.07, 6.45) is 0. The van der Waals surface area contributed by atoms with E-state index in [9.17, 15) is 0 Å². The maximum atomic E-state index is 2.45. The van der Waals surface area contributed by atoms with E-state index < -0.39 is 0 Å². The molecular formula is C50H30S2. The van der Waals surface area contributed by atoms with Crippen molar-refractivity contribution in [2.45, 2.75) is 0 Å². The number of thiophene rings is 2. The van der Waals surface area contributed by atoms with E-state index in [-0.39, 0.29) is 0 Å². The zero-order valence-electron chi connectivity index (χ0n) is 28.1. The van der Waals surface area contributed by atoms with Crippen LogP contribution in [-0.2, 0) is 0 Å². The molecule has 11 aromatic rings. The summed E-state index contributed by atoms with van der Waals surface area (Å²) in [6, 6.07) is 63.0. The smallest absolute Gasteiger partial charge is 0.0434 e. The van der Waals surface area contributed by atoms with Crippen molar-refractivity contribution in [3.05, 3.63) is 181 Å². The Labute approximate surface area is 309 Å². The van der Waals surface area contributed by atoms with Crippen LogP contribution in [-0.4, -0.2) is 0 Å². The fraction of sp³-hybridized carbons (Fsp3) is 0. The van der Waals surface area contributed by atoms with Gasteiger partial charge in [-0.1, -0.05) is 152 Å². The van der Waals surface area contributed by atoms with E-state index in [1.54, 1.807) is 11.3 Å².